The smallest absolute Gasteiger partial charge is 0.243 e. The molecule has 0 amide bonds. The maximum atomic E-state index is 13.5. The third kappa shape index (κ3) is 3.87. The normalized spacial score (nSPS) is 18.0. The van der Waals surface area contributed by atoms with E-state index in [9.17, 15) is 8.42 Å². The molecule has 0 bridgehead atoms. The van der Waals surface area contributed by atoms with Crippen molar-refractivity contribution in [1.82, 2.24) is 9.46 Å². The van der Waals surface area contributed by atoms with Crippen molar-refractivity contribution >= 4 is 15.7 Å². The SMILES string of the molecule is Cc1cccc(N2CCN(S(=O)(=O)c3cc(-c4cc(C)no4)ccc3C)C[C@@H]2C)c1. The lowest BCUT2D eigenvalue weighted by molar-refractivity contribution is 0.342. The highest BCUT2D eigenvalue weighted by atomic mass is 32.2. The molecule has 1 saturated heterocycles. The van der Waals surface area contributed by atoms with E-state index in [1.165, 1.54) is 5.56 Å². The van der Waals surface area contributed by atoms with Crippen LogP contribution in [0.15, 0.2) is 57.9 Å². The number of aromatic nitrogens is 1. The highest BCUT2D eigenvalue weighted by molar-refractivity contribution is 7.89. The fourth-order valence-corrected chi connectivity index (χ4v) is 5.77. The fraction of sp³-hybridized carbons (Fsp3) is 0.348. The van der Waals surface area contributed by atoms with Crippen molar-refractivity contribution in [1.29, 1.82) is 0 Å². The fourth-order valence-electron chi connectivity index (χ4n) is 4.00. The van der Waals surface area contributed by atoms with Gasteiger partial charge in [-0.05, 0) is 57.0 Å². The molecule has 7 heteroatoms. The molecule has 6 nitrogen and oxygen atoms in total. The van der Waals surface area contributed by atoms with Gasteiger partial charge in [0.2, 0.25) is 10.0 Å². The Morgan fingerprint density at radius 2 is 1.83 bits per heavy atom. The molecule has 1 fully saturated rings. The van der Waals surface area contributed by atoms with Gasteiger partial charge in [0.15, 0.2) is 5.76 Å². The first-order valence-electron chi connectivity index (χ1n) is 10.1. The number of hydrogen-bond acceptors (Lipinski definition) is 5. The van der Waals surface area contributed by atoms with Crippen LogP contribution in [0.3, 0.4) is 0 Å². The van der Waals surface area contributed by atoms with E-state index in [2.05, 4.69) is 42.1 Å². The second kappa shape index (κ2) is 7.89. The number of rotatable bonds is 4. The number of nitrogens with zero attached hydrogens (tertiary/aromatic N) is 3. The first-order valence-corrected chi connectivity index (χ1v) is 11.6. The molecule has 4 rings (SSSR count). The van der Waals surface area contributed by atoms with Gasteiger partial charge in [-0.15, -0.1) is 0 Å². The van der Waals surface area contributed by atoms with E-state index in [0.717, 1.165) is 16.9 Å². The predicted molar refractivity (Wildman–Crippen MR) is 118 cm³/mol. The largest absolute Gasteiger partial charge is 0.366 e. The number of benzene rings is 2. The molecule has 1 atom stereocenters. The van der Waals surface area contributed by atoms with Crippen LogP contribution >= 0.6 is 0 Å². The second-order valence-electron chi connectivity index (χ2n) is 8.06. The summed E-state index contributed by atoms with van der Waals surface area (Å²) in [6.07, 6.45) is 0. The standard InChI is InChI=1S/C23H27N3O3S/c1-16-6-5-7-21(12-16)26-11-10-25(15-19(26)4)30(27,28)23-14-20(9-8-17(23)2)22-13-18(3)24-29-22/h5-9,12-14,19H,10-11,15H2,1-4H3/t19-/m0/s1. The van der Waals surface area contributed by atoms with E-state index in [1.54, 1.807) is 10.4 Å². The van der Waals surface area contributed by atoms with Crippen LogP contribution in [0, 0.1) is 20.8 Å². The minimum atomic E-state index is -3.62. The summed E-state index contributed by atoms with van der Waals surface area (Å²) in [7, 11) is -3.62. The molecule has 0 saturated carbocycles. The zero-order valence-corrected chi connectivity index (χ0v) is 18.6. The average molecular weight is 426 g/mol. The molecule has 1 aromatic heterocycles. The van der Waals surface area contributed by atoms with Gasteiger partial charge >= 0.3 is 0 Å². The maximum Gasteiger partial charge on any atom is 0.243 e. The van der Waals surface area contributed by atoms with Crippen molar-refractivity contribution in [2.24, 2.45) is 0 Å². The lowest BCUT2D eigenvalue weighted by Gasteiger charge is -2.40. The summed E-state index contributed by atoms with van der Waals surface area (Å²) < 4.78 is 33.9. The molecule has 0 N–H and O–H groups in total. The number of piperazine rings is 1. The Morgan fingerprint density at radius 3 is 2.50 bits per heavy atom. The average Bonchev–Trinajstić information content (AvgIpc) is 3.14. The third-order valence-corrected chi connectivity index (χ3v) is 7.65. The molecule has 0 radical (unpaired) electrons. The van der Waals surface area contributed by atoms with Crippen LogP contribution in [0.2, 0.25) is 0 Å². The van der Waals surface area contributed by atoms with Crippen molar-refractivity contribution in [3.05, 3.63) is 65.4 Å². The first kappa shape index (κ1) is 20.6. The van der Waals surface area contributed by atoms with Crippen molar-refractivity contribution in [3.63, 3.8) is 0 Å². The summed E-state index contributed by atoms with van der Waals surface area (Å²) in [5, 5.41) is 3.91. The van der Waals surface area contributed by atoms with E-state index in [1.807, 2.05) is 38.1 Å². The van der Waals surface area contributed by atoms with Gasteiger partial charge in [-0.3, -0.25) is 0 Å². The van der Waals surface area contributed by atoms with Gasteiger partial charge in [0.25, 0.3) is 0 Å². The van der Waals surface area contributed by atoms with E-state index < -0.39 is 10.0 Å². The van der Waals surface area contributed by atoms with Crippen LogP contribution < -0.4 is 4.90 Å². The molecular formula is C23H27N3O3S. The number of sulfonamides is 1. The van der Waals surface area contributed by atoms with Crippen LogP contribution in [0.5, 0.6) is 0 Å². The van der Waals surface area contributed by atoms with Gasteiger partial charge in [-0.2, -0.15) is 4.31 Å². The van der Waals surface area contributed by atoms with E-state index in [0.29, 0.717) is 35.9 Å². The molecule has 1 aliphatic heterocycles. The summed E-state index contributed by atoms with van der Waals surface area (Å²) >= 11 is 0. The van der Waals surface area contributed by atoms with Gasteiger partial charge in [0.05, 0.1) is 10.6 Å². The highest BCUT2D eigenvalue weighted by Gasteiger charge is 2.33. The van der Waals surface area contributed by atoms with Gasteiger partial charge in [0.1, 0.15) is 0 Å². The molecule has 158 valence electrons. The monoisotopic (exact) mass is 425 g/mol. The number of aryl methyl sites for hydroxylation is 3. The van der Waals surface area contributed by atoms with Gasteiger partial charge in [-0.1, -0.05) is 29.4 Å². The minimum absolute atomic E-state index is 0.0794. The zero-order valence-electron chi connectivity index (χ0n) is 17.8. The predicted octanol–water partition coefficient (Wildman–Crippen LogP) is 4.17. The summed E-state index contributed by atoms with van der Waals surface area (Å²) in [4.78, 5) is 2.60. The highest BCUT2D eigenvalue weighted by Crippen LogP contribution is 2.30. The zero-order chi connectivity index (χ0) is 21.5. The Bertz CT molecular complexity index is 1170. The lowest BCUT2D eigenvalue weighted by atomic mass is 10.1. The molecular weight excluding hydrogens is 398 g/mol. The lowest BCUT2D eigenvalue weighted by Crippen LogP contribution is -2.53. The summed E-state index contributed by atoms with van der Waals surface area (Å²) in [5.41, 5.74) is 4.54. The maximum absolute atomic E-state index is 13.5. The Kier molecular flexibility index (Phi) is 5.42. The Labute approximate surface area is 178 Å². The van der Waals surface area contributed by atoms with Gasteiger partial charge in [0, 0.05) is 43.0 Å². The van der Waals surface area contributed by atoms with Crippen LogP contribution in [0.4, 0.5) is 5.69 Å². The van der Waals surface area contributed by atoms with Gasteiger partial charge in [-0.25, -0.2) is 8.42 Å². The molecule has 0 spiro atoms. The van der Waals surface area contributed by atoms with Crippen molar-refractivity contribution in [3.8, 4) is 11.3 Å². The second-order valence-corrected chi connectivity index (χ2v) is 9.96. The minimum Gasteiger partial charge on any atom is -0.366 e. The van der Waals surface area contributed by atoms with E-state index >= 15 is 0 Å². The molecule has 1 aliphatic rings. The Balaban J connectivity index is 1.60. The topological polar surface area (TPSA) is 66.7 Å². The van der Waals surface area contributed by atoms with Crippen LogP contribution in [0.1, 0.15) is 23.7 Å². The molecule has 30 heavy (non-hydrogen) atoms. The van der Waals surface area contributed by atoms with Crippen LogP contribution in [-0.4, -0.2) is 43.6 Å². The first-order chi connectivity index (χ1) is 14.3. The third-order valence-electron chi connectivity index (χ3n) is 5.64. The molecule has 0 aliphatic carbocycles. The van der Waals surface area contributed by atoms with E-state index in [-0.39, 0.29) is 6.04 Å². The molecule has 2 heterocycles. The van der Waals surface area contributed by atoms with Crippen molar-refractivity contribution in [2.45, 2.75) is 38.6 Å². The molecule has 0 unspecified atom stereocenters. The summed E-state index contributed by atoms with van der Waals surface area (Å²) in [5.74, 6) is 0.571. The number of anilines is 1. The summed E-state index contributed by atoms with van der Waals surface area (Å²) in [6, 6.07) is 15.6. The summed E-state index contributed by atoms with van der Waals surface area (Å²) in [6.45, 7) is 9.37. The van der Waals surface area contributed by atoms with Crippen molar-refractivity contribution < 1.29 is 12.9 Å². The number of hydrogen-bond donors (Lipinski definition) is 0. The molecule has 2 aromatic carbocycles. The van der Waals surface area contributed by atoms with Crippen LogP contribution in [-0.2, 0) is 10.0 Å². The van der Waals surface area contributed by atoms with Crippen molar-refractivity contribution in [2.75, 3.05) is 24.5 Å². The Morgan fingerprint density at radius 1 is 1.03 bits per heavy atom. The van der Waals surface area contributed by atoms with E-state index in [4.69, 9.17) is 4.52 Å². The quantitative estimate of drug-likeness (QED) is 0.628. The van der Waals surface area contributed by atoms with Crippen LogP contribution in [0.25, 0.3) is 11.3 Å². The van der Waals surface area contributed by atoms with Gasteiger partial charge < -0.3 is 9.42 Å². The Hall–Kier alpha value is -2.64. The molecule has 3 aromatic rings.